The number of hydrogen-bond acceptors (Lipinski definition) is 4. The van der Waals surface area contributed by atoms with Crippen LogP contribution in [0.3, 0.4) is 0 Å². The molecule has 1 heterocycles. The van der Waals surface area contributed by atoms with Gasteiger partial charge in [0.05, 0.1) is 10.7 Å². The van der Waals surface area contributed by atoms with Gasteiger partial charge in [-0.15, -0.1) is 0 Å². The quantitative estimate of drug-likeness (QED) is 0.656. The Morgan fingerprint density at radius 1 is 1.16 bits per heavy atom. The zero-order valence-electron chi connectivity index (χ0n) is 9.64. The van der Waals surface area contributed by atoms with Gasteiger partial charge >= 0.3 is 0 Å². The van der Waals surface area contributed by atoms with Crippen molar-refractivity contribution in [3.63, 3.8) is 0 Å². The van der Waals surface area contributed by atoms with Crippen LogP contribution >= 0.6 is 23.2 Å². The van der Waals surface area contributed by atoms with E-state index < -0.39 is 16.7 Å². The minimum absolute atomic E-state index is 0.0298. The van der Waals surface area contributed by atoms with Gasteiger partial charge in [0.1, 0.15) is 10.8 Å². The van der Waals surface area contributed by atoms with Crippen molar-refractivity contribution in [2.24, 2.45) is 0 Å². The van der Waals surface area contributed by atoms with Crippen LogP contribution in [0, 0.1) is 18.6 Å². The molecule has 8 heteroatoms. The molecule has 19 heavy (non-hydrogen) atoms. The van der Waals surface area contributed by atoms with Gasteiger partial charge in [0.15, 0.2) is 11.6 Å². The second kappa shape index (κ2) is 5.14. The van der Waals surface area contributed by atoms with Crippen LogP contribution in [0.1, 0.15) is 5.69 Å². The molecule has 0 saturated heterocycles. The highest BCUT2D eigenvalue weighted by Gasteiger charge is 2.16. The Kier molecular flexibility index (Phi) is 3.73. The van der Waals surface area contributed by atoms with E-state index in [1.165, 1.54) is 0 Å². The summed E-state index contributed by atoms with van der Waals surface area (Å²) in [5, 5.41) is 1.64. The lowest BCUT2D eigenvalue weighted by Gasteiger charge is -2.10. The van der Waals surface area contributed by atoms with Gasteiger partial charge in [0.25, 0.3) is 0 Å². The van der Waals surface area contributed by atoms with Crippen molar-refractivity contribution >= 4 is 40.7 Å². The molecule has 0 bridgehead atoms. The number of nitrogens with zero attached hydrogens (tertiary/aromatic N) is 2. The minimum Gasteiger partial charge on any atom is -0.368 e. The molecule has 2 rings (SSSR count). The van der Waals surface area contributed by atoms with E-state index in [1.54, 1.807) is 13.0 Å². The fourth-order valence-corrected chi connectivity index (χ4v) is 1.91. The van der Waals surface area contributed by atoms with Gasteiger partial charge in [-0.2, -0.15) is 4.98 Å². The molecule has 4 nitrogen and oxygen atoms in total. The number of rotatable bonds is 2. The lowest BCUT2D eigenvalue weighted by Crippen LogP contribution is -2.03. The van der Waals surface area contributed by atoms with Crippen LogP contribution in [0.25, 0.3) is 0 Å². The molecule has 0 fully saturated rings. The molecule has 0 aliphatic heterocycles. The topological polar surface area (TPSA) is 63.8 Å². The molecule has 0 aliphatic carbocycles. The first-order valence-corrected chi connectivity index (χ1v) is 5.85. The molecule has 0 unspecified atom stereocenters. The highest BCUT2D eigenvalue weighted by Crippen LogP contribution is 2.32. The SMILES string of the molecule is Cc1cc(Nc2cc(Cl)c(F)c(Cl)c2F)nc(N)n1. The average molecular weight is 305 g/mol. The first-order valence-electron chi connectivity index (χ1n) is 5.09. The third kappa shape index (κ3) is 2.85. The molecule has 0 atom stereocenters. The Balaban J connectivity index is 2.44. The summed E-state index contributed by atoms with van der Waals surface area (Å²) in [7, 11) is 0. The van der Waals surface area contributed by atoms with E-state index in [1.807, 2.05) is 0 Å². The normalized spacial score (nSPS) is 10.6. The van der Waals surface area contributed by atoms with E-state index >= 15 is 0 Å². The average Bonchev–Trinajstić information content (AvgIpc) is 2.32. The summed E-state index contributed by atoms with van der Waals surface area (Å²) in [6.07, 6.45) is 0. The fourth-order valence-electron chi connectivity index (χ4n) is 1.46. The summed E-state index contributed by atoms with van der Waals surface area (Å²) in [5.74, 6) is -1.69. The van der Waals surface area contributed by atoms with Gasteiger partial charge in [-0.25, -0.2) is 13.8 Å². The third-order valence-corrected chi connectivity index (χ3v) is 2.84. The summed E-state index contributed by atoms with van der Waals surface area (Å²) in [5.41, 5.74) is 5.96. The smallest absolute Gasteiger partial charge is 0.222 e. The van der Waals surface area contributed by atoms with Crippen LogP contribution in [-0.2, 0) is 0 Å². The van der Waals surface area contributed by atoms with Crippen molar-refractivity contribution in [3.05, 3.63) is 39.5 Å². The van der Waals surface area contributed by atoms with Crippen LogP contribution < -0.4 is 11.1 Å². The Labute approximate surface area is 117 Å². The zero-order chi connectivity index (χ0) is 14.2. The Bertz CT molecular complexity index is 629. The molecule has 0 amide bonds. The zero-order valence-corrected chi connectivity index (χ0v) is 11.2. The van der Waals surface area contributed by atoms with E-state index in [2.05, 4.69) is 15.3 Å². The molecule has 1 aromatic heterocycles. The second-order valence-corrected chi connectivity index (χ2v) is 4.51. The van der Waals surface area contributed by atoms with Crippen molar-refractivity contribution in [2.75, 3.05) is 11.1 Å². The van der Waals surface area contributed by atoms with Gasteiger partial charge in [-0.3, -0.25) is 0 Å². The number of aromatic nitrogens is 2. The van der Waals surface area contributed by atoms with E-state index in [0.29, 0.717) is 5.69 Å². The summed E-state index contributed by atoms with van der Waals surface area (Å²) >= 11 is 11.1. The lowest BCUT2D eigenvalue weighted by atomic mass is 10.3. The number of anilines is 3. The third-order valence-electron chi connectivity index (χ3n) is 2.24. The Morgan fingerprint density at radius 3 is 2.47 bits per heavy atom. The predicted octanol–water partition coefficient (Wildman–Crippen LogP) is 3.70. The molecular weight excluding hydrogens is 297 g/mol. The van der Waals surface area contributed by atoms with Gasteiger partial charge in [-0.1, -0.05) is 23.2 Å². The number of nitrogens with one attached hydrogen (secondary N) is 1. The maximum atomic E-state index is 13.8. The lowest BCUT2D eigenvalue weighted by molar-refractivity contribution is 0.587. The number of halogens is 4. The highest BCUT2D eigenvalue weighted by atomic mass is 35.5. The summed E-state index contributed by atoms with van der Waals surface area (Å²) in [6.45, 7) is 1.70. The maximum absolute atomic E-state index is 13.8. The molecule has 0 saturated carbocycles. The number of benzene rings is 1. The molecule has 0 radical (unpaired) electrons. The van der Waals surface area contributed by atoms with Crippen molar-refractivity contribution in [1.29, 1.82) is 0 Å². The van der Waals surface area contributed by atoms with Crippen molar-refractivity contribution in [3.8, 4) is 0 Å². The second-order valence-electron chi connectivity index (χ2n) is 3.73. The predicted molar refractivity (Wildman–Crippen MR) is 70.8 cm³/mol. The number of hydrogen-bond donors (Lipinski definition) is 2. The fraction of sp³-hybridized carbons (Fsp3) is 0.0909. The number of aryl methyl sites for hydroxylation is 1. The monoisotopic (exact) mass is 304 g/mol. The summed E-state index contributed by atoms with van der Waals surface area (Å²) < 4.78 is 27.0. The Morgan fingerprint density at radius 2 is 1.84 bits per heavy atom. The highest BCUT2D eigenvalue weighted by molar-refractivity contribution is 6.35. The van der Waals surface area contributed by atoms with Crippen LogP contribution in [0.4, 0.5) is 26.2 Å². The van der Waals surface area contributed by atoms with Crippen molar-refractivity contribution in [1.82, 2.24) is 9.97 Å². The molecule has 0 spiro atoms. The van der Waals surface area contributed by atoms with Gasteiger partial charge in [-0.05, 0) is 13.0 Å². The summed E-state index contributed by atoms with van der Waals surface area (Å²) in [4.78, 5) is 7.73. The standard InChI is InChI=1S/C11H8Cl2F2N4/c1-4-2-7(19-11(16)17-4)18-6-3-5(12)9(14)8(13)10(6)15/h2-3H,1H3,(H3,16,17,18,19). The number of nitrogens with two attached hydrogens (primary N) is 1. The van der Waals surface area contributed by atoms with Crippen LogP contribution in [-0.4, -0.2) is 9.97 Å². The summed E-state index contributed by atoms with van der Waals surface area (Å²) in [6, 6.07) is 2.62. The van der Waals surface area contributed by atoms with E-state index in [0.717, 1.165) is 6.07 Å². The van der Waals surface area contributed by atoms with E-state index in [-0.39, 0.29) is 22.5 Å². The van der Waals surface area contributed by atoms with E-state index in [4.69, 9.17) is 28.9 Å². The van der Waals surface area contributed by atoms with Crippen molar-refractivity contribution in [2.45, 2.75) is 6.92 Å². The molecular formula is C11H8Cl2F2N4. The van der Waals surface area contributed by atoms with Crippen LogP contribution in [0.15, 0.2) is 12.1 Å². The van der Waals surface area contributed by atoms with Gasteiger partial charge < -0.3 is 11.1 Å². The molecule has 3 N–H and O–H groups in total. The van der Waals surface area contributed by atoms with Crippen LogP contribution in [0.5, 0.6) is 0 Å². The largest absolute Gasteiger partial charge is 0.368 e. The molecule has 2 aromatic rings. The first kappa shape index (κ1) is 13.8. The molecule has 100 valence electrons. The van der Waals surface area contributed by atoms with Gasteiger partial charge in [0.2, 0.25) is 5.95 Å². The first-order chi connectivity index (χ1) is 8.88. The maximum Gasteiger partial charge on any atom is 0.222 e. The Hall–Kier alpha value is -1.66. The molecule has 1 aromatic carbocycles. The minimum atomic E-state index is -1.01. The van der Waals surface area contributed by atoms with Gasteiger partial charge in [0, 0.05) is 11.8 Å². The molecule has 0 aliphatic rings. The van der Waals surface area contributed by atoms with Crippen molar-refractivity contribution < 1.29 is 8.78 Å². The van der Waals surface area contributed by atoms with E-state index in [9.17, 15) is 8.78 Å². The van der Waals surface area contributed by atoms with Crippen LogP contribution in [0.2, 0.25) is 10.0 Å². The number of nitrogen functional groups attached to an aromatic ring is 1.